The Balaban J connectivity index is 1.38. The van der Waals surface area contributed by atoms with Crippen LogP contribution in [0.1, 0.15) is 21.0 Å². The van der Waals surface area contributed by atoms with Gasteiger partial charge in [0.1, 0.15) is 10.7 Å². The van der Waals surface area contributed by atoms with Crippen LogP contribution in [0.25, 0.3) is 21.9 Å². The van der Waals surface area contributed by atoms with Crippen molar-refractivity contribution < 1.29 is 14.1 Å². The normalized spacial score (nSPS) is 10.5. The van der Waals surface area contributed by atoms with E-state index in [1.807, 2.05) is 47.2 Å². The molecule has 4 rings (SSSR count). The minimum atomic E-state index is -0.581. The van der Waals surface area contributed by atoms with Gasteiger partial charge in [-0.05, 0) is 11.4 Å². The van der Waals surface area contributed by atoms with Gasteiger partial charge in [0, 0.05) is 28.0 Å². The molecule has 2 amide bonds. The van der Waals surface area contributed by atoms with Crippen LogP contribution in [-0.2, 0) is 0 Å². The summed E-state index contributed by atoms with van der Waals surface area (Å²) in [4.78, 5) is 28.6. The zero-order valence-corrected chi connectivity index (χ0v) is 15.3. The Morgan fingerprint density at radius 1 is 0.926 bits per heavy atom. The van der Waals surface area contributed by atoms with Gasteiger partial charge >= 0.3 is 0 Å². The highest BCUT2D eigenvalue weighted by Gasteiger charge is 2.16. The Morgan fingerprint density at radius 2 is 1.70 bits per heavy atom. The van der Waals surface area contributed by atoms with E-state index in [1.54, 1.807) is 16.7 Å². The molecule has 4 aromatic rings. The van der Waals surface area contributed by atoms with Crippen molar-refractivity contribution in [2.45, 2.75) is 0 Å². The second-order valence-corrected chi connectivity index (χ2v) is 7.04. The Morgan fingerprint density at radius 3 is 2.44 bits per heavy atom. The van der Waals surface area contributed by atoms with Gasteiger partial charge in [0.15, 0.2) is 11.5 Å². The minimum Gasteiger partial charge on any atom is -0.355 e. The highest BCUT2D eigenvalue weighted by molar-refractivity contribution is 7.14. The van der Waals surface area contributed by atoms with Crippen molar-refractivity contribution in [3.05, 3.63) is 70.0 Å². The van der Waals surface area contributed by atoms with Gasteiger partial charge < -0.3 is 4.52 Å². The standard InChI is InChI=1S/C18H12N4O3S2/c23-16(13-8-15(25-22-13)11-4-2-1-3-5-11)20-21-17(24)14-10-27-18(19-14)12-6-7-26-9-12/h1-10H,(H,20,23)(H,21,24). The summed E-state index contributed by atoms with van der Waals surface area (Å²) in [5.74, 6) is -0.623. The van der Waals surface area contributed by atoms with E-state index in [-0.39, 0.29) is 11.4 Å². The number of thiazole rings is 1. The molecule has 0 spiro atoms. The van der Waals surface area contributed by atoms with E-state index in [1.165, 1.54) is 17.4 Å². The molecule has 0 bridgehead atoms. The van der Waals surface area contributed by atoms with Gasteiger partial charge in [-0.25, -0.2) is 4.98 Å². The number of nitrogens with one attached hydrogen (secondary N) is 2. The fraction of sp³-hybridized carbons (Fsp3) is 0. The molecule has 0 radical (unpaired) electrons. The third kappa shape index (κ3) is 3.78. The molecule has 7 nitrogen and oxygen atoms in total. The van der Waals surface area contributed by atoms with E-state index in [2.05, 4.69) is 21.0 Å². The number of thiophene rings is 1. The summed E-state index contributed by atoms with van der Waals surface area (Å²) in [6.07, 6.45) is 0. The lowest BCUT2D eigenvalue weighted by atomic mass is 10.1. The Kier molecular flexibility index (Phi) is 4.77. The van der Waals surface area contributed by atoms with Crippen molar-refractivity contribution in [1.29, 1.82) is 0 Å². The molecule has 0 aliphatic rings. The molecule has 0 aliphatic carbocycles. The van der Waals surface area contributed by atoms with Crippen LogP contribution in [0.4, 0.5) is 0 Å². The van der Waals surface area contributed by atoms with Crippen molar-refractivity contribution in [3.63, 3.8) is 0 Å². The van der Waals surface area contributed by atoms with Crippen LogP contribution in [-0.4, -0.2) is 22.0 Å². The van der Waals surface area contributed by atoms with Crippen LogP contribution < -0.4 is 10.9 Å². The maximum absolute atomic E-state index is 12.2. The predicted molar refractivity (Wildman–Crippen MR) is 102 cm³/mol. The summed E-state index contributed by atoms with van der Waals surface area (Å²) in [5.41, 5.74) is 6.70. The van der Waals surface area contributed by atoms with Crippen LogP contribution in [0.15, 0.2) is 63.1 Å². The smallest absolute Gasteiger partial charge is 0.291 e. The molecule has 9 heteroatoms. The van der Waals surface area contributed by atoms with Gasteiger partial charge in [-0.15, -0.1) is 11.3 Å². The van der Waals surface area contributed by atoms with E-state index in [4.69, 9.17) is 4.52 Å². The SMILES string of the molecule is O=C(NNC(=O)c1csc(-c2ccsc2)n1)c1cc(-c2ccccc2)on1. The lowest BCUT2D eigenvalue weighted by molar-refractivity contribution is 0.0839. The third-order valence-electron chi connectivity index (χ3n) is 3.60. The maximum Gasteiger partial charge on any atom is 0.291 e. The molecule has 0 aliphatic heterocycles. The topological polar surface area (TPSA) is 97.1 Å². The van der Waals surface area contributed by atoms with E-state index in [0.29, 0.717) is 5.76 Å². The number of carbonyl (C=O) groups is 2. The number of benzene rings is 1. The fourth-order valence-corrected chi connectivity index (χ4v) is 3.77. The van der Waals surface area contributed by atoms with E-state index >= 15 is 0 Å². The highest BCUT2D eigenvalue weighted by Crippen LogP contribution is 2.25. The number of hydrogen-bond acceptors (Lipinski definition) is 7. The third-order valence-corrected chi connectivity index (χ3v) is 5.17. The first-order chi connectivity index (χ1) is 13.2. The number of hydrazine groups is 1. The second-order valence-electron chi connectivity index (χ2n) is 5.40. The van der Waals surface area contributed by atoms with E-state index in [0.717, 1.165) is 16.1 Å². The zero-order chi connectivity index (χ0) is 18.6. The molecule has 3 heterocycles. The number of aromatic nitrogens is 2. The van der Waals surface area contributed by atoms with E-state index in [9.17, 15) is 9.59 Å². The van der Waals surface area contributed by atoms with Crippen LogP contribution in [0.2, 0.25) is 0 Å². The molecule has 0 saturated carbocycles. The largest absolute Gasteiger partial charge is 0.355 e. The molecule has 3 aromatic heterocycles. The van der Waals surface area contributed by atoms with Crippen molar-refractivity contribution in [3.8, 4) is 21.9 Å². The summed E-state index contributed by atoms with van der Waals surface area (Å²) in [6, 6.07) is 12.7. The van der Waals surface area contributed by atoms with Gasteiger partial charge in [0.2, 0.25) is 0 Å². The second kappa shape index (κ2) is 7.52. The first kappa shape index (κ1) is 17.1. The molecule has 2 N–H and O–H groups in total. The van der Waals surface area contributed by atoms with Crippen LogP contribution >= 0.6 is 22.7 Å². The summed E-state index contributed by atoms with van der Waals surface area (Å²) in [5, 5.41) is 10.0. The molecule has 134 valence electrons. The van der Waals surface area contributed by atoms with Crippen molar-refractivity contribution in [2.75, 3.05) is 0 Å². The molecule has 1 aromatic carbocycles. The molecule has 27 heavy (non-hydrogen) atoms. The molecule has 0 atom stereocenters. The summed E-state index contributed by atoms with van der Waals surface area (Å²) in [7, 11) is 0. The highest BCUT2D eigenvalue weighted by atomic mass is 32.1. The van der Waals surface area contributed by atoms with Gasteiger partial charge in [0.05, 0.1) is 0 Å². The monoisotopic (exact) mass is 396 g/mol. The van der Waals surface area contributed by atoms with Crippen LogP contribution in [0.3, 0.4) is 0 Å². The lowest BCUT2D eigenvalue weighted by Gasteiger charge is -2.03. The molecule has 0 saturated heterocycles. The number of amides is 2. The fourth-order valence-electron chi connectivity index (χ4n) is 2.26. The average molecular weight is 396 g/mol. The Bertz CT molecular complexity index is 1070. The first-order valence-corrected chi connectivity index (χ1v) is 9.64. The quantitative estimate of drug-likeness (QED) is 0.514. The number of nitrogens with zero attached hydrogens (tertiary/aromatic N) is 2. The lowest BCUT2D eigenvalue weighted by Crippen LogP contribution is -2.41. The number of rotatable bonds is 4. The molecular formula is C18H12N4O3S2. The van der Waals surface area contributed by atoms with Gasteiger partial charge in [-0.3, -0.25) is 20.4 Å². The molecular weight excluding hydrogens is 384 g/mol. The number of hydrogen-bond donors (Lipinski definition) is 2. The van der Waals surface area contributed by atoms with Crippen LogP contribution in [0.5, 0.6) is 0 Å². The summed E-state index contributed by atoms with van der Waals surface area (Å²) in [6.45, 7) is 0. The van der Waals surface area contributed by atoms with Crippen LogP contribution in [0, 0.1) is 0 Å². The van der Waals surface area contributed by atoms with Gasteiger partial charge in [-0.2, -0.15) is 11.3 Å². The Labute approximate surface area is 161 Å². The van der Waals surface area contributed by atoms with Crippen molar-refractivity contribution >= 4 is 34.5 Å². The predicted octanol–water partition coefficient (Wildman–Crippen LogP) is 3.60. The summed E-state index contributed by atoms with van der Waals surface area (Å²) >= 11 is 2.92. The molecule has 0 fully saturated rings. The minimum absolute atomic E-state index is 0.0615. The number of carbonyl (C=O) groups excluding carboxylic acids is 2. The molecule has 0 unspecified atom stereocenters. The zero-order valence-electron chi connectivity index (χ0n) is 13.7. The van der Waals surface area contributed by atoms with E-state index < -0.39 is 11.8 Å². The van der Waals surface area contributed by atoms with Crippen molar-refractivity contribution in [2.24, 2.45) is 0 Å². The first-order valence-electron chi connectivity index (χ1n) is 7.81. The van der Waals surface area contributed by atoms with Crippen molar-refractivity contribution in [1.82, 2.24) is 21.0 Å². The average Bonchev–Trinajstić information content (AvgIpc) is 3.47. The Hall–Kier alpha value is -3.30. The van der Waals surface area contributed by atoms with Gasteiger partial charge in [0.25, 0.3) is 11.8 Å². The van der Waals surface area contributed by atoms with Gasteiger partial charge in [-0.1, -0.05) is 35.5 Å². The summed E-state index contributed by atoms with van der Waals surface area (Å²) < 4.78 is 5.17. The maximum atomic E-state index is 12.2.